The van der Waals surface area contributed by atoms with Crippen LogP contribution < -0.4 is 0 Å². The summed E-state index contributed by atoms with van der Waals surface area (Å²) in [6.45, 7) is 6.05. The highest BCUT2D eigenvalue weighted by Gasteiger charge is 2.14. The van der Waals surface area contributed by atoms with Crippen LogP contribution in [0.4, 0.5) is 0 Å². The summed E-state index contributed by atoms with van der Waals surface area (Å²) in [7, 11) is 0. The molecule has 0 unspecified atom stereocenters. The predicted octanol–water partition coefficient (Wildman–Crippen LogP) is 2.88. The van der Waals surface area contributed by atoms with Crippen LogP contribution in [0.5, 0.6) is 0 Å². The smallest absolute Gasteiger partial charge is 0.213 e. The van der Waals surface area contributed by atoms with Crippen molar-refractivity contribution in [3.05, 3.63) is 40.7 Å². The van der Waals surface area contributed by atoms with E-state index < -0.39 is 0 Å². The summed E-state index contributed by atoms with van der Waals surface area (Å²) in [5.41, 5.74) is 5.23. The minimum atomic E-state index is -0.0386. The fraction of sp³-hybridized carbons (Fsp3) is 0.286. The number of nitrogens with zero attached hydrogens (tertiary/aromatic N) is 3. The molecule has 0 aliphatic carbocycles. The molecule has 0 atom stereocenters. The molecule has 0 fully saturated rings. The zero-order valence-corrected chi connectivity index (χ0v) is 12.0. The summed E-state index contributed by atoms with van der Waals surface area (Å²) in [6, 6.07) is 6.32. The third kappa shape index (κ3) is 1.95. The minimum Gasteiger partial charge on any atom is -0.390 e. The number of imidazole rings is 1. The second-order valence-corrected chi connectivity index (χ2v) is 5.66. The summed E-state index contributed by atoms with van der Waals surface area (Å²) >= 11 is 1.54. The summed E-state index contributed by atoms with van der Waals surface area (Å²) < 4.78 is 1.74. The normalized spacial score (nSPS) is 11.4. The van der Waals surface area contributed by atoms with Crippen LogP contribution in [0.3, 0.4) is 0 Å². The highest BCUT2D eigenvalue weighted by molar-refractivity contribution is 7.19. The highest BCUT2D eigenvalue weighted by atomic mass is 32.1. The Morgan fingerprint density at radius 1 is 1.21 bits per heavy atom. The molecule has 4 nitrogen and oxygen atoms in total. The van der Waals surface area contributed by atoms with E-state index in [1.807, 2.05) is 6.92 Å². The van der Waals surface area contributed by atoms with Gasteiger partial charge >= 0.3 is 0 Å². The Hall–Kier alpha value is -1.72. The van der Waals surface area contributed by atoms with E-state index in [4.69, 9.17) is 0 Å². The molecule has 5 heteroatoms. The first-order valence-corrected chi connectivity index (χ1v) is 6.95. The van der Waals surface area contributed by atoms with Gasteiger partial charge in [0.25, 0.3) is 0 Å². The van der Waals surface area contributed by atoms with Gasteiger partial charge in [0.2, 0.25) is 4.96 Å². The monoisotopic (exact) mass is 273 g/mol. The van der Waals surface area contributed by atoms with Gasteiger partial charge in [0.1, 0.15) is 5.01 Å². The average Bonchev–Trinajstić information content (AvgIpc) is 2.89. The number of aryl methyl sites for hydroxylation is 3. The van der Waals surface area contributed by atoms with Crippen molar-refractivity contribution >= 4 is 16.3 Å². The molecule has 2 heterocycles. The lowest BCUT2D eigenvalue weighted by atomic mass is 10.1. The van der Waals surface area contributed by atoms with Gasteiger partial charge in [-0.25, -0.2) is 9.50 Å². The Morgan fingerprint density at radius 2 is 2.00 bits per heavy atom. The van der Waals surface area contributed by atoms with Gasteiger partial charge in [0.05, 0.1) is 18.0 Å². The third-order valence-corrected chi connectivity index (χ3v) is 4.36. The molecule has 0 saturated heterocycles. The molecule has 0 aliphatic heterocycles. The first kappa shape index (κ1) is 12.3. The van der Waals surface area contributed by atoms with Crippen molar-refractivity contribution in [3.63, 3.8) is 0 Å². The molecule has 0 bridgehead atoms. The number of fused-ring (bicyclic) bond motifs is 1. The van der Waals surface area contributed by atoms with Crippen molar-refractivity contribution in [1.29, 1.82) is 0 Å². The maximum Gasteiger partial charge on any atom is 0.213 e. The standard InChI is InChI=1S/C14H15N3OS/c1-8-4-5-11(6-9(8)2)13-16-17-12(7-18)10(3)15-14(17)19-13/h4-6,18H,7H2,1-3H3. The lowest BCUT2D eigenvalue weighted by Crippen LogP contribution is -1.95. The van der Waals surface area contributed by atoms with Gasteiger partial charge in [-0.2, -0.15) is 5.10 Å². The van der Waals surface area contributed by atoms with Crippen molar-refractivity contribution < 1.29 is 5.11 Å². The Morgan fingerprint density at radius 3 is 2.68 bits per heavy atom. The molecule has 0 spiro atoms. The van der Waals surface area contributed by atoms with E-state index in [1.165, 1.54) is 11.1 Å². The van der Waals surface area contributed by atoms with Crippen LogP contribution in [0.2, 0.25) is 0 Å². The SMILES string of the molecule is Cc1ccc(-c2nn3c(CO)c(C)nc3s2)cc1C. The summed E-state index contributed by atoms with van der Waals surface area (Å²) in [5, 5.41) is 14.9. The maximum absolute atomic E-state index is 9.37. The van der Waals surface area contributed by atoms with Crippen LogP contribution in [-0.4, -0.2) is 19.7 Å². The number of rotatable bonds is 2. The second kappa shape index (κ2) is 4.43. The minimum absolute atomic E-state index is 0.0386. The summed E-state index contributed by atoms with van der Waals surface area (Å²) in [6.07, 6.45) is 0. The molecule has 19 heavy (non-hydrogen) atoms. The van der Waals surface area contributed by atoms with E-state index in [0.29, 0.717) is 0 Å². The summed E-state index contributed by atoms with van der Waals surface area (Å²) in [4.78, 5) is 5.26. The van der Waals surface area contributed by atoms with Crippen LogP contribution in [-0.2, 0) is 6.61 Å². The summed E-state index contributed by atoms with van der Waals surface area (Å²) in [5.74, 6) is 0. The van der Waals surface area contributed by atoms with Crippen molar-refractivity contribution in [3.8, 4) is 10.6 Å². The molecule has 0 radical (unpaired) electrons. The predicted molar refractivity (Wildman–Crippen MR) is 76.4 cm³/mol. The van der Waals surface area contributed by atoms with Crippen LogP contribution in [0, 0.1) is 20.8 Å². The molecule has 1 aromatic carbocycles. The van der Waals surface area contributed by atoms with E-state index in [9.17, 15) is 5.11 Å². The lowest BCUT2D eigenvalue weighted by Gasteiger charge is -2.01. The first-order valence-electron chi connectivity index (χ1n) is 6.13. The van der Waals surface area contributed by atoms with Gasteiger partial charge in [-0.15, -0.1) is 0 Å². The quantitative estimate of drug-likeness (QED) is 0.781. The zero-order chi connectivity index (χ0) is 13.6. The number of aliphatic hydroxyl groups excluding tert-OH is 1. The van der Waals surface area contributed by atoms with Crippen molar-refractivity contribution in [2.75, 3.05) is 0 Å². The van der Waals surface area contributed by atoms with E-state index in [2.05, 4.69) is 42.1 Å². The van der Waals surface area contributed by atoms with Crippen LogP contribution in [0.25, 0.3) is 15.5 Å². The van der Waals surface area contributed by atoms with Gasteiger partial charge in [0.15, 0.2) is 0 Å². The average molecular weight is 273 g/mol. The van der Waals surface area contributed by atoms with Crippen molar-refractivity contribution in [2.45, 2.75) is 27.4 Å². The fourth-order valence-corrected chi connectivity index (χ4v) is 3.02. The second-order valence-electron chi connectivity index (χ2n) is 4.70. The van der Waals surface area contributed by atoms with Crippen LogP contribution >= 0.6 is 11.3 Å². The number of aliphatic hydroxyl groups is 1. The number of benzene rings is 1. The van der Waals surface area contributed by atoms with Crippen LogP contribution in [0.15, 0.2) is 18.2 Å². The van der Waals surface area contributed by atoms with E-state index in [0.717, 1.165) is 26.9 Å². The fourth-order valence-electron chi connectivity index (χ4n) is 2.06. The molecule has 3 rings (SSSR count). The van der Waals surface area contributed by atoms with Gasteiger partial charge in [-0.3, -0.25) is 0 Å². The highest BCUT2D eigenvalue weighted by Crippen LogP contribution is 2.28. The van der Waals surface area contributed by atoms with E-state index in [-0.39, 0.29) is 6.61 Å². The maximum atomic E-state index is 9.37. The molecular formula is C14H15N3OS. The Labute approximate surface area is 115 Å². The van der Waals surface area contributed by atoms with Gasteiger partial charge in [-0.1, -0.05) is 23.5 Å². The van der Waals surface area contributed by atoms with E-state index in [1.54, 1.807) is 15.9 Å². The molecular weight excluding hydrogens is 258 g/mol. The largest absolute Gasteiger partial charge is 0.390 e. The Kier molecular flexibility index (Phi) is 2.88. The van der Waals surface area contributed by atoms with Gasteiger partial charge in [0, 0.05) is 5.56 Å². The van der Waals surface area contributed by atoms with E-state index >= 15 is 0 Å². The van der Waals surface area contributed by atoms with Crippen molar-refractivity contribution in [1.82, 2.24) is 14.6 Å². The number of aromatic nitrogens is 3. The lowest BCUT2D eigenvalue weighted by molar-refractivity contribution is 0.273. The number of hydrogen-bond donors (Lipinski definition) is 1. The third-order valence-electron chi connectivity index (χ3n) is 3.40. The molecule has 0 aliphatic rings. The van der Waals surface area contributed by atoms with Crippen molar-refractivity contribution in [2.24, 2.45) is 0 Å². The van der Waals surface area contributed by atoms with Gasteiger partial charge < -0.3 is 5.11 Å². The topological polar surface area (TPSA) is 50.4 Å². The Bertz CT molecular complexity index is 757. The zero-order valence-electron chi connectivity index (χ0n) is 11.1. The molecule has 3 aromatic rings. The first-order chi connectivity index (χ1) is 9.10. The van der Waals surface area contributed by atoms with Gasteiger partial charge in [-0.05, 0) is 38.0 Å². The molecule has 0 saturated carbocycles. The Balaban J connectivity index is 2.15. The molecule has 98 valence electrons. The molecule has 1 N–H and O–H groups in total. The molecule has 2 aromatic heterocycles. The number of hydrogen-bond acceptors (Lipinski definition) is 4. The van der Waals surface area contributed by atoms with Crippen LogP contribution in [0.1, 0.15) is 22.5 Å². The molecule has 0 amide bonds.